The predicted octanol–water partition coefficient (Wildman–Crippen LogP) is -0.915. The van der Waals surface area contributed by atoms with E-state index in [-0.39, 0.29) is 13.0 Å². The number of carbonyl (C=O) groups excluding carboxylic acids is 2. The lowest BCUT2D eigenvalue weighted by molar-refractivity contribution is -0.157. The minimum Gasteiger partial charge on any atom is -0.466 e. The molecule has 0 fully saturated rings. The summed E-state index contributed by atoms with van der Waals surface area (Å²) >= 11 is 0. The number of hydrogen-bond acceptors (Lipinski definition) is 5. The maximum atomic E-state index is 10.5. The molecular weight excluding hydrogens is 152 g/mol. The van der Waals surface area contributed by atoms with Gasteiger partial charge in [0.05, 0.1) is 20.1 Å². The van der Waals surface area contributed by atoms with E-state index in [2.05, 4.69) is 9.47 Å². The lowest BCUT2D eigenvalue weighted by Gasteiger charge is -2.00. The fraction of sp³-hybridized carbons (Fsp3) is 0.667. The van der Waals surface area contributed by atoms with E-state index in [0.29, 0.717) is 0 Å². The summed E-state index contributed by atoms with van der Waals surface area (Å²) in [4.78, 5) is 20.8. The van der Waals surface area contributed by atoms with Crippen LogP contribution in [0.4, 0.5) is 0 Å². The standard InChI is InChI=1S/C6H10O5/c1-10-6(9)4-11-5(8)2-3-7/h7H,2-4H2,1H3. The molecule has 0 atom stereocenters. The molecule has 0 rings (SSSR count). The van der Waals surface area contributed by atoms with Gasteiger partial charge in [0.2, 0.25) is 0 Å². The largest absolute Gasteiger partial charge is 0.466 e. The molecule has 11 heavy (non-hydrogen) atoms. The van der Waals surface area contributed by atoms with Crippen molar-refractivity contribution in [3.63, 3.8) is 0 Å². The van der Waals surface area contributed by atoms with Crippen molar-refractivity contribution in [3.05, 3.63) is 0 Å². The highest BCUT2D eigenvalue weighted by atomic mass is 16.6. The van der Waals surface area contributed by atoms with E-state index in [4.69, 9.17) is 5.11 Å². The molecule has 64 valence electrons. The summed E-state index contributed by atoms with van der Waals surface area (Å²) in [7, 11) is 1.20. The van der Waals surface area contributed by atoms with Gasteiger partial charge in [0.1, 0.15) is 0 Å². The van der Waals surface area contributed by atoms with E-state index >= 15 is 0 Å². The van der Waals surface area contributed by atoms with Gasteiger partial charge < -0.3 is 14.6 Å². The first-order valence-electron chi connectivity index (χ1n) is 3.04. The monoisotopic (exact) mass is 162 g/mol. The molecule has 0 aromatic heterocycles. The average molecular weight is 162 g/mol. The van der Waals surface area contributed by atoms with Crippen LogP contribution in [0.1, 0.15) is 6.42 Å². The number of aliphatic hydroxyl groups is 1. The van der Waals surface area contributed by atoms with Crippen molar-refractivity contribution in [2.75, 3.05) is 20.3 Å². The van der Waals surface area contributed by atoms with Crippen LogP contribution in [0.15, 0.2) is 0 Å². The predicted molar refractivity (Wildman–Crippen MR) is 34.7 cm³/mol. The minimum atomic E-state index is -0.615. The molecule has 0 aliphatic rings. The van der Waals surface area contributed by atoms with Gasteiger partial charge in [-0.1, -0.05) is 0 Å². The van der Waals surface area contributed by atoms with E-state index in [1.807, 2.05) is 0 Å². The first-order chi connectivity index (χ1) is 5.20. The van der Waals surface area contributed by atoms with Gasteiger partial charge in [-0.25, -0.2) is 4.79 Å². The number of aliphatic hydroxyl groups excluding tert-OH is 1. The van der Waals surface area contributed by atoms with Gasteiger partial charge in [-0.05, 0) is 0 Å². The van der Waals surface area contributed by atoms with Crippen LogP contribution >= 0.6 is 0 Å². The molecule has 0 bridgehead atoms. The average Bonchev–Trinajstić information content (AvgIpc) is 2.01. The van der Waals surface area contributed by atoms with E-state index in [9.17, 15) is 9.59 Å². The molecule has 0 radical (unpaired) electrons. The van der Waals surface area contributed by atoms with Gasteiger partial charge in [0, 0.05) is 0 Å². The number of esters is 2. The zero-order chi connectivity index (χ0) is 8.69. The van der Waals surface area contributed by atoms with Crippen LogP contribution < -0.4 is 0 Å². The number of carbonyl (C=O) groups is 2. The van der Waals surface area contributed by atoms with E-state index < -0.39 is 18.5 Å². The molecule has 0 saturated carbocycles. The van der Waals surface area contributed by atoms with Crippen LogP contribution in [0.3, 0.4) is 0 Å². The Kier molecular flexibility index (Phi) is 5.10. The van der Waals surface area contributed by atoms with Crippen molar-refractivity contribution in [3.8, 4) is 0 Å². The second kappa shape index (κ2) is 5.67. The summed E-state index contributed by atoms with van der Waals surface area (Å²) in [6.45, 7) is -0.671. The number of methoxy groups -OCH3 is 1. The second-order valence-electron chi connectivity index (χ2n) is 1.71. The number of ether oxygens (including phenoxy) is 2. The van der Waals surface area contributed by atoms with Crippen LogP contribution in [-0.4, -0.2) is 37.4 Å². The Morgan fingerprint density at radius 3 is 2.45 bits per heavy atom. The summed E-state index contributed by atoms with van der Waals surface area (Å²) < 4.78 is 8.56. The summed E-state index contributed by atoms with van der Waals surface area (Å²) in [5.41, 5.74) is 0. The molecule has 0 unspecified atom stereocenters. The van der Waals surface area contributed by atoms with Gasteiger partial charge in [-0.15, -0.1) is 0 Å². The highest BCUT2D eigenvalue weighted by Gasteiger charge is 2.05. The van der Waals surface area contributed by atoms with Gasteiger partial charge in [-0.2, -0.15) is 0 Å². The van der Waals surface area contributed by atoms with Crippen LogP contribution in [-0.2, 0) is 19.1 Å². The third kappa shape index (κ3) is 5.35. The second-order valence-corrected chi connectivity index (χ2v) is 1.71. The Morgan fingerprint density at radius 1 is 1.36 bits per heavy atom. The smallest absolute Gasteiger partial charge is 0.344 e. The van der Waals surface area contributed by atoms with Gasteiger partial charge in [0.15, 0.2) is 6.61 Å². The van der Waals surface area contributed by atoms with Crippen molar-refractivity contribution < 1.29 is 24.2 Å². The van der Waals surface area contributed by atoms with Crippen LogP contribution in [0, 0.1) is 0 Å². The van der Waals surface area contributed by atoms with Crippen molar-refractivity contribution in [1.82, 2.24) is 0 Å². The SMILES string of the molecule is COC(=O)COC(=O)CCO. The Hall–Kier alpha value is -1.10. The van der Waals surface area contributed by atoms with Gasteiger partial charge >= 0.3 is 11.9 Å². The van der Waals surface area contributed by atoms with Crippen molar-refractivity contribution in [2.45, 2.75) is 6.42 Å². The first kappa shape index (κ1) is 9.90. The van der Waals surface area contributed by atoms with E-state index in [1.54, 1.807) is 0 Å². The normalized spacial score (nSPS) is 8.91. The minimum absolute atomic E-state index is 0.100. The molecule has 0 amide bonds. The molecule has 5 heteroatoms. The fourth-order valence-electron chi connectivity index (χ4n) is 0.362. The highest BCUT2D eigenvalue weighted by Crippen LogP contribution is 1.85. The van der Waals surface area contributed by atoms with Crippen LogP contribution in [0.5, 0.6) is 0 Å². The molecule has 0 aromatic rings. The molecule has 0 aromatic carbocycles. The third-order valence-corrected chi connectivity index (χ3v) is 0.895. The van der Waals surface area contributed by atoms with Crippen LogP contribution in [0.25, 0.3) is 0 Å². The number of hydrogen-bond donors (Lipinski definition) is 1. The Balaban J connectivity index is 3.38. The molecule has 0 aliphatic heterocycles. The summed E-state index contributed by atoms with van der Waals surface area (Å²) in [6.07, 6.45) is -0.100. The Labute approximate surface area is 63.9 Å². The summed E-state index contributed by atoms with van der Waals surface area (Å²) in [6, 6.07) is 0. The lowest BCUT2D eigenvalue weighted by atomic mass is 10.5. The van der Waals surface area contributed by atoms with E-state index in [1.165, 1.54) is 7.11 Å². The molecule has 0 heterocycles. The van der Waals surface area contributed by atoms with Gasteiger partial charge in [0.25, 0.3) is 0 Å². The molecular formula is C6H10O5. The number of rotatable bonds is 4. The summed E-state index contributed by atoms with van der Waals surface area (Å²) in [5.74, 6) is -1.23. The quantitative estimate of drug-likeness (QED) is 0.541. The van der Waals surface area contributed by atoms with Crippen LogP contribution in [0.2, 0.25) is 0 Å². The van der Waals surface area contributed by atoms with Crippen molar-refractivity contribution in [1.29, 1.82) is 0 Å². The summed E-state index contributed by atoms with van der Waals surface area (Å²) in [5, 5.41) is 8.24. The van der Waals surface area contributed by atoms with Gasteiger partial charge in [-0.3, -0.25) is 4.79 Å². The van der Waals surface area contributed by atoms with Crippen molar-refractivity contribution >= 4 is 11.9 Å². The molecule has 0 spiro atoms. The molecule has 1 N–H and O–H groups in total. The van der Waals surface area contributed by atoms with E-state index in [0.717, 1.165) is 0 Å². The molecule has 5 nitrogen and oxygen atoms in total. The first-order valence-corrected chi connectivity index (χ1v) is 3.04. The van der Waals surface area contributed by atoms with Crippen molar-refractivity contribution in [2.24, 2.45) is 0 Å². The zero-order valence-corrected chi connectivity index (χ0v) is 6.20. The molecule has 0 aliphatic carbocycles. The fourth-order valence-corrected chi connectivity index (χ4v) is 0.362. The Morgan fingerprint density at radius 2 is 2.00 bits per heavy atom. The third-order valence-electron chi connectivity index (χ3n) is 0.895. The Bertz CT molecular complexity index is 142. The highest BCUT2D eigenvalue weighted by molar-refractivity contribution is 5.76. The maximum absolute atomic E-state index is 10.5. The zero-order valence-electron chi connectivity index (χ0n) is 6.20. The molecule has 0 saturated heterocycles. The lowest BCUT2D eigenvalue weighted by Crippen LogP contribution is -2.15. The topological polar surface area (TPSA) is 72.8 Å². The maximum Gasteiger partial charge on any atom is 0.344 e.